The molecule has 2 heteroatoms. The highest BCUT2D eigenvalue weighted by molar-refractivity contribution is 4.94. The third-order valence-electron chi connectivity index (χ3n) is 3.78. The maximum absolute atomic E-state index is 3.57. The highest BCUT2D eigenvalue weighted by Crippen LogP contribution is 2.37. The molecule has 0 aromatic heterocycles. The standard InChI is InChI=1S/C13H26N2/c1-12(2,3)10-15-8-6-13(11-15)5-4-7-14-9-13/h14H,4-11H2,1-3H3. The first kappa shape index (κ1) is 11.4. The van der Waals surface area contributed by atoms with Crippen molar-refractivity contribution in [2.75, 3.05) is 32.7 Å². The molecule has 0 radical (unpaired) electrons. The summed E-state index contributed by atoms with van der Waals surface area (Å²) in [7, 11) is 0. The van der Waals surface area contributed by atoms with Crippen molar-refractivity contribution in [1.29, 1.82) is 0 Å². The van der Waals surface area contributed by atoms with Crippen LogP contribution in [0.3, 0.4) is 0 Å². The predicted octanol–water partition coefficient (Wildman–Crippen LogP) is 2.11. The lowest BCUT2D eigenvalue weighted by molar-refractivity contribution is 0.173. The molecule has 0 saturated carbocycles. The van der Waals surface area contributed by atoms with E-state index in [9.17, 15) is 0 Å². The van der Waals surface area contributed by atoms with Gasteiger partial charge < -0.3 is 10.2 Å². The van der Waals surface area contributed by atoms with Crippen LogP contribution in [-0.2, 0) is 0 Å². The molecule has 1 N–H and O–H groups in total. The molecule has 0 aromatic rings. The predicted molar refractivity (Wildman–Crippen MR) is 65.0 cm³/mol. The summed E-state index contributed by atoms with van der Waals surface area (Å²) in [6.45, 7) is 13.4. The van der Waals surface area contributed by atoms with Gasteiger partial charge in [0.15, 0.2) is 0 Å². The first-order chi connectivity index (χ1) is 6.99. The van der Waals surface area contributed by atoms with Crippen LogP contribution in [0, 0.1) is 10.8 Å². The Morgan fingerprint density at radius 3 is 2.67 bits per heavy atom. The minimum Gasteiger partial charge on any atom is -0.316 e. The number of nitrogens with one attached hydrogen (secondary N) is 1. The molecule has 88 valence electrons. The van der Waals surface area contributed by atoms with Crippen LogP contribution in [0.15, 0.2) is 0 Å². The molecular formula is C13H26N2. The van der Waals surface area contributed by atoms with Gasteiger partial charge in [-0.2, -0.15) is 0 Å². The average molecular weight is 210 g/mol. The Kier molecular flexibility index (Phi) is 3.09. The minimum atomic E-state index is 0.452. The fourth-order valence-electron chi connectivity index (χ4n) is 3.21. The van der Waals surface area contributed by atoms with Crippen LogP contribution in [0.25, 0.3) is 0 Å². The van der Waals surface area contributed by atoms with Gasteiger partial charge in [0.2, 0.25) is 0 Å². The number of likely N-dealkylation sites (tertiary alicyclic amines) is 1. The molecule has 2 heterocycles. The van der Waals surface area contributed by atoms with E-state index in [-0.39, 0.29) is 0 Å². The molecule has 0 aliphatic carbocycles. The summed E-state index contributed by atoms with van der Waals surface area (Å²) in [5.41, 5.74) is 1.08. The second-order valence-corrected chi connectivity index (χ2v) is 6.80. The van der Waals surface area contributed by atoms with Gasteiger partial charge in [0, 0.05) is 19.6 Å². The average Bonchev–Trinajstić information content (AvgIpc) is 2.47. The van der Waals surface area contributed by atoms with Crippen LogP contribution in [0.2, 0.25) is 0 Å². The zero-order valence-electron chi connectivity index (χ0n) is 10.6. The lowest BCUT2D eigenvalue weighted by atomic mass is 9.80. The summed E-state index contributed by atoms with van der Waals surface area (Å²) >= 11 is 0. The van der Waals surface area contributed by atoms with Crippen LogP contribution < -0.4 is 5.32 Å². The van der Waals surface area contributed by atoms with Gasteiger partial charge in [0.05, 0.1) is 0 Å². The maximum atomic E-state index is 3.57. The summed E-state index contributed by atoms with van der Waals surface area (Å²) in [5, 5.41) is 3.57. The molecule has 0 amide bonds. The number of rotatable bonds is 1. The van der Waals surface area contributed by atoms with Gasteiger partial charge in [-0.3, -0.25) is 0 Å². The minimum absolute atomic E-state index is 0.452. The van der Waals surface area contributed by atoms with Crippen molar-refractivity contribution >= 4 is 0 Å². The summed E-state index contributed by atoms with van der Waals surface area (Å²) in [6.07, 6.45) is 4.24. The molecule has 1 spiro atoms. The third-order valence-corrected chi connectivity index (χ3v) is 3.78. The molecule has 2 rings (SSSR count). The molecule has 2 saturated heterocycles. The Balaban J connectivity index is 1.88. The Bertz CT molecular complexity index is 211. The Morgan fingerprint density at radius 2 is 2.07 bits per heavy atom. The molecule has 0 bridgehead atoms. The number of nitrogens with zero attached hydrogens (tertiary/aromatic N) is 1. The van der Waals surface area contributed by atoms with Gasteiger partial charge >= 0.3 is 0 Å². The lowest BCUT2D eigenvalue weighted by Crippen LogP contribution is -2.42. The van der Waals surface area contributed by atoms with Crippen molar-refractivity contribution < 1.29 is 0 Å². The van der Waals surface area contributed by atoms with E-state index in [0.29, 0.717) is 10.8 Å². The summed E-state index contributed by atoms with van der Waals surface area (Å²) in [4.78, 5) is 2.67. The number of hydrogen-bond acceptors (Lipinski definition) is 2. The molecular weight excluding hydrogens is 184 g/mol. The highest BCUT2D eigenvalue weighted by atomic mass is 15.2. The summed E-state index contributed by atoms with van der Waals surface area (Å²) in [6, 6.07) is 0. The molecule has 1 atom stereocenters. The molecule has 15 heavy (non-hydrogen) atoms. The van der Waals surface area contributed by atoms with Gasteiger partial charge in [-0.25, -0.2) is 0 Å². The van der Waals surface area contributed by atoms with E-state index in [1.165, 1.54) is 52.0 Å². The van der Waals surface area contributed by atoms with Crippen LogP contribution in [0.1, 0.15) is 40.0 Å². The number of hydrogen-bond donors (Lipinski definition) is 1. The zero-order valence-corrected chi connectivity index (χ0v) is 10.6. The fourth-order valence-corrected chi connectivity index (χ4v) is 3.21. The molecule has 2 aliphatic heterocycles. The van der Waals surface area contributed by atoms with Crippen molar-refractivity contribution in [3.05, 3.63) is 0 Å². The second-order valence-electron chi connectivity index (χ2n) is 6.80. The van der Waals surface area contributed by atoms with Crippen LogP contribution in [0.4, 0.5) is 0 Å². The summed E-state index contributed by atoms with van der Waals surface area (Å²) in [5.74, 6) is 0. The van der Waals surface area contributed by atoms with Crippen LogP contribution in [-0.4, -0.2) is 37.6 Å². The first-order valence-corrected chi connectivity index (χ1v) is 6.42. The highest BCUT2D eigenvalue weighted by Gasteiger charge is 2.39. The Labute approximate surface area is 94.4 Å². The fraction of sp³-hybridized carbons (Fsp3) is 1.00. The zero-order chi connectivity index (χ0) is 10.9. The molecule has 2 nitrogen and oxygen atoms in total. The van der Waals surface area contributed by atoms with E-state index < -0.39 is 0 Å². The first-order valence-electron chi connectivity index (χ1n) is 6.42. The van der Waals surface area contributed by atoms with E-state index in [1.807, 2.05) is 0 Å². The largest absolute Gasteiger partial charge is 0.316 e. The van der Waals surface area contributed by atoms with Crippen molar-refractivity contribution in [3.63, 3.8) is 0 Å². The monoisotopic (exact) mass is 210 g/mol. The van der Waals surface area contributed by atoms with Crippen molar-refractivity contribution in [1.82, 2.24) is 10.2 Å². The van der Waals surface area contributed by atoms with Gasteiger partial charge in [0.25, 0.3) is 0 Å². The van der Waals surface area contributed by atoms with E-state index in [1.54, 1.807) is 0 Å². The SMILES string of the molecule is CC(C)(C)CN1CCC2(CCCNC2)C1. The Morgan fingerprint density at radius 1 is 1.27 bits per heavy atom. The van der Waals surface area contributed by atoms with Gasteiger partial charge in [0.1, 0.15) is 0 Å². The van der Waals surface area contributed by atoms with E-state index in [0.717, 1.165) is 0 Å². The van der Waals surface area contributed by atoms with Gasteiger partial charge in [-0.15, -0.1) is 0 Å². The topological polar surface area (TPSA) is 15.3 Å². The van der Waals surface area contributed by atoms with Gasteiger partial charge in [-0.1, -0.05) is 20.8 Å². The molecule has 2 fully saturated rings. The lowest BCUT2D eigenvalue weighted by Gasteiger charge is -2.35. The Hall–Kier alpha value is -0.0800. The summed E-state index contributed by atoms with van der Waals surface area (Å²) < 4.78 is 0. The number of piperidine rings is 1. The van der Waals surface area contributed by atoms with Crippen LogP contribution in [0.5, 0.6) is 0 Å². The maximum Gasteiger partial charge on any atom is 0.00509 e. The molecule has 1 unspecified atom stereocenters. The van der Waals surface area contributed by atoms with E-state index in [2.05, 4.69) is 31.0 Å². The van der Waals surface area contributed by atoms with E-state index >= 15 is 0 Å². The van der Waals surface area contributed by atoms with Crippen molar-refractivity contribution in [2.45, 2.75) is 40.0 Å². The second kappa shape index (κ2) is 4.06. The third kappa shape index (κ3) is 2.94. The normalized spacial score (nSPS) is 33.8. The van der Waals surface area contributed by atoms with Gasteiger partial charge in [-0.05, 0) is 43.2 Å². The van der Waals surface area contributed by atoms with Crippen molar-refractivity contribution in [2.24, 2.45) is 10.8 Å². The molecule has 2 aliphatic rings. The van der Waals surface area contributed by atoms with E-state index in [4.69, 9.17) is 0 Å². The van der Waals surface area contributed by atoms with Crippen molar-refractivity contribution in [3.8, 4) is 0 Å². The quantitative estimate of drug-likeness (QED) is 0.713. The smallest absolute Gasteiger partial charge is 0.00509 e. The van der Waals surface area contributed by atoms with Crippen LogP contribution >= 0.6 is 0 Å². The molecule has 0 aromatic carbocycles.